The summed E-state index contributed by atoms with van der Waals surface area (Å²) in [5, 5.41) is 2.83. The van der Waals surface area contributed by atoms with E-state index >= 15 is 0 Å². The zero-order valence-electron chi connectivity index (χ0n) is 13.1. The zero-order valence-corrected chi connectivity index (χ0v) is 13.9. The number of benzene rings is 2. The highest BCUT2D eigenvalue weighted by Crippen LogP contribution is 2.31. The van der Waals surface area contributed by atoms with Crippen LogP contribution in [-0.4, -0.2) is 18.4 Å². The third-order valence-corrected chi connectivity index (χ3v) is 3.64. The molecule has 0 heterocycles. The molecule has 2 rings (SSSR count). The van der Waals surface area contributed by atoms with Crippen LogP contribution in [0.2, 0.25) is 5.02 Å². The van der Waals surface area contributed by atoms with Crippen LogP contribution < -0.4 is 10.2 Å². The van der Waals surface area contributed by atoms with Crippen molar-refractivity contribution in [2.24, 2.45) is 0 Å². The predicted octanol–water partition coefficient (Wildman–Crippen LogP) is 4.35. The smallest absolute Gasteiger partial charge is 0.323 e. The van der Waals surface area contributed by atoms with Crippen LogP contribution in [0.5, 0.6) is 0 Å². The van der Waals surface area contributed by atoms with Crippen LogP contribution in [0, 0.1) is 0 Å². The summed E-state index contributed by atoms with van der Waals surface area (Å²) in [5.74, 6) is -1.14. The monoisotopic (exact) mass is 370 g/mol. The minimum atomic E-state index is -4.54. The molecule has 0 aliphatic heterocycles. The lowest BCUT2D eigenvalue weighted by Crippen LogP contribution is -2.36. The molecule has 0 saturated carbocycles. The largest absolute Gasteiger partial charge is 0.416 e. The van der Waals surface area contributed by atoms with Gasteiger partial charge in [0.2, 0.25) is 11.8 Å². The van der Waals surface area contributed by atoms with E-state index in [0.717, 1.165) is 17.0 Å². The van der Waals surface area contributed by atoms with Crippen LogP contribution >= 0.6 is 11.6 Å². The molecule has 0 fully saturated rings. The van der Waals surface area contributed by atoms with Crippen LogP contribution in [0.15, 0.2) is 48.5 Å². The number of anilines is 2. The van der Waals surface area contributed by atoms with E-state index in [1.54, 1.807) is 24.3 Å². The Balaban J connectivity index is 2.20. The van der Waals surface area contributed by atoms with E-state index in [1.165, 1.54) is 19.1 Å². The number of halogens is 4. The summed E-state index contributed by atoms with van der Waals surface area (Å²) in [7, 11) is 0. The standard InChI is InChI=1S/C17H14ClF3N2O2/c1-11(24)23(13-6-4-5-12(9-13)17(19,20)21)10-16(25)22-15-8-3-2-7-14(15)18/h2-9H,10H2,1H3,(H,22,25). The molecule has 0 aromatic heterocycles. The average molecular weight is 371 g/mol. The number of para-hydroxylation sites is 1. The topological polar surface area (TPSA) is 49.4 Å². The summed E-state index contributed by atoms with van der Waals surface area (Å²) in [6.45, 7) is 0.727. The molecule has 2 amide bonds. The van der Waals surface area contributed by atoms with Crippen LogP contribution in [0.25, 0.3) is 0 Å². The maximum absolute atomic E-state index is 12.8. The van der Waals surface area contributed by atoms with Crippen molar-refractivity contribution in [2.75, 3.05) is 16.8 Å². The SMILES string of the molecule is CC(=O)N(CC(=O)Nc1ccccc1Cl)c1cccc(C(F)(F)F)c1. The molecule has 0 aliphatic rings. The molecular weight excluding hydrogens is 357 g/mol. The number of hydrogen-bond donors (Lipinski definition) is 1. The number of amides is 2. The number of nitrogens with zero attached hydrogens (tertiary/aromatic N) is 1. The Morgan fingerprint density at radius 2 is 1.80 bits per heavy atom. The highest BCUT2D eigenvalue weighted by atomic mass is 35.5. The number of rotatable bonds is 4. The van der Waals surface area contributed by atoms with Crippen LogP contribution in [0.3, 0.4) is 0 Å². The third-order valence-electron chi connectivity index (χ3n) is 3.31. The van der Waals surface area contributed by atoms with Gasteiger partial charge in [0, 0.05) is 12.6 Å². The Labute approximate surface area is 147 Å². The summed E-state index contributed by atoms with van der Waals surface area (Å²) in [6, 6.07) is 10.7. The number of alkyl halides is 3. The molecule has 132 valence electrons. The maximum atomic E-state index is 12.8. The minimum absolute atomic E-state index is 0.0170. The molecule has 2 aromatic rings. The third kappa shape index (κ3) is 4.96. The van der Waals surface area contributed by atoms with Gasteiger partial charge in [-0.25, -0.2) is 0 Å². The first kappa shape index (κ1) is 18.8. The summed E-state index contributed by atoms with van der Waals surface area (Å²) in [5.41, 5.74) is -0.568. The number of carbonyl (C=O) groups excluding carboxylic acids is 2. The number of hydrogen-bond acceptors (Lipinski definition) is 2. The fourth-order valence-corrected chi connectivity index (χ4v) is 2.31. The first-order valence-electron chi connectivity index (χ1n) is 7.18. The molecule has 8 heteroatoms. The van der Waals surface area contributed by atoms with Crippen molar-refractivity contribution in [3.05, 3.63) is 59.1 Å². The summed E-state index contributed by atoms with van der Waals surface area (Å²) >= 11 is 5.94. The van der Waals surface area contributed by atoms with Crippen LogP contribution in [0.4, 0.5) is 24.5 Å². The number of carbonyl (C=O) groups is 2. The Kier molecular flexibility index (Phi) is 5.69. The lowest BCUT2D eigenvalue weighted by molar-refractivity contribution is -0.137. The molecule has 25 heavy (non-hydrogen) atoms. The Hall–Kier alpha value is -2.54. The first-order valence-corrected chi connectivity index (χ1v) is 7.56. The van der Waals surface area contributed by atoms with Gasteiger partial charge in [-0.05, 0) is 30.3 Å². The van der Waals surface area contributed by atoms with Gasteiger partial charge in [-0.2, -0.15) is 13.2 Å². The van der Waals surface area contributed by atoms with Gasteiger partial charge in [0.25, 0.3) is 0 Å². The van der Waals surface area contributed by atoms with Crippen LogP contribution in [-0.2, 0) is 15.8 Å². The number of nitrogens with one attached hydrogen (secondary N) is 1. The van der Waals surface area contributed by atoms with Crippen molar-refractivity contribution >= 4 is 34.8 Å². The van der Waals surface area contributed by atoms with Gasteiger partial charge >= 0.3 is 6.18 Å². The van der Waals surface area contributed by atoms with Gasteiger partial charge in [-0.3, -0.25) is 9.59 Å². The van der Waals surface area contributed by atoms with E-state index in [2.05, 4.69) is 5.32 Å². The lowest BCUT2D eigenvalue weighted by Gasteiger charge is -2.22. The van der Waals surface area contributed by atoms with Gasteiger partial charge in [0.1, 0.15) is 6.54 Å². The molecule has 0 radical (unpaired) electrons. The summed E-state index contributed by atoms with van der Waals surface area (Å²) in [6.07, 6.45) is -4.54. The molecule has 0 unspecified atom stereocenters. The zero-order chi connectivity index (χ0) is 18.6. The van der Waals surface area contributed by atoms with Crippen molar-refractivity contribution in [3.63, 3.8) is 0 Å². The van der Waals surface area contributed by atoms with E-state index in [0.29, 0.717) is 10.7 Å². The highest BCUT2D eigenvalue weighted by Gasteiger charge is 2.31. The fraction of sp³-hybridized carbons (Fsp3) is 0.176. The molecule has 2 aromatic carbocycles. The second-order valence-electron chi connectivity index (χ2n) is 5.18. The van der Waals surface area contributed by atoms with Gasteiger partial charge in [-0.15, -0.1) is 0 Å². The molecular formula is C17H14ClF3N2O2. The first-order chi connectivity index (χ1) is 11.7. The van der Waals surface area contributed by atoms with Gasteiger partial charge in [0.05, 0.1) is 16.3 Å². The quantitative estimate of drug-likeness (QED) is 0.869. The normalized spacial score (nSPS) is 11.1. The predicted molar refractivity (Wildman–Crippen MR) is 89.6 cm³/mol. The average Bonchev–Trinajstić information content (AvgIpc) is 2.54. The van der Waals surface area contributed by atoms with Crippen molar-refractivity contribution < 1.29 is 22.8 Å². The Morgan fingerprint density at radius 1 is 1.12 bits per heavy atom. The maximum Gasteiger partial charge on any atom is 0.416 e. The Morgan fingerprint density at radius 3 is 2.40 bits per heavy atom. The van der Waals surface area contributed by atoms with Crippen molar-refractivity contribution in [1.82, 2.24) is 0 Å². The molecule has 1 N–H and O–H groups in total. The molecule has 0 spiro atoms. The molecule has 0 saturated heterocycles. The molecule has 0 atom stereocenters. The van der Waals surface area contributed by atoms with Gasteiger partial charge in [0.15, 0.2) is 0 Å². The van der Waals surface area contributed by atoms with E-state index in [-0.39, 0.29) is 5.69 Å². The highest BCUT2D eigenvalue weighted by molar-refractivity contribution is 6.33. The molecule has 0 bridgehead atoms. The fourth-order valence-electron chi connectivity index (χ4n) is 2.13. The van der Waals surface area contributed by atoms with E-state index in [1.807, 2.05) is 0 Å². The van der Waals surface area contributed by atoms with Crippen molar-refractivity contribution in [3.8, 4) is 0 Å². The lowest BCUT2D eigenvalue weighted by atomic mass is 10.1. The van der Waals surface area contributed by atoms with E-state index in [9.17, 15) is 22.8 Å². The van der Waals surface area contributed by atoms with Gasteiger partial charge in [-0.1, -0.05) is 29.8 Å². The van der Waals surface area contributed by atoms with Crippen molar-refractivity contribution in [2.45, 2.75) is 13.1 Å². The summed E-state index contributed by atoms with van der Waals surface area (Å²) < 4.78 is 38.5. The van der Waals surface area contributed by atoms with Crippen LogP contribution in [0.1, 0.15) is 12.5 Å². The van der Waals surface area contributed by atoms with Crippen molar-refractivity contribution in [1.29, 1.82) is 0 Å². The van der Waals surface area contributed by atoms with Gasteiger partial charge < -0.3 is 10.2 Å². The second-order valence-corrected chi connectivity index (χ2v) is 5.59. The minimum Gasteiger partial charge on any atom is -0.323 e. The Bertz CT molecular complexity index is 793. The van der Waals surface area contributed by atoms with E-state index < -0.39 is 30.1 Å². The molecule has 4 nitrogen and oxygen atoms in total. The summed E-state index contributed by atoms with van der Waals surface area (Å²) in [4.78, 5) is 24.9. The van der Waals surface area contributed by atoms with E-state index in [4.69, 9.17) is 11.6 Å². The second kappa shape index (κ2) is 7.57. The molecule has 0 aliphatic carbocycles.